The fraction of sp³-hybridized carbons (Fsp3) is 0.176. The fourth-order valence-electron chi connectivity index (χ4n) is 2.43. The zero-order chi connectivity index (χ0) is 13.9. The minimum absolute atomic E-state index is 0.559. The SMILES string of the molecule is COCc1cccc(C(O)c2cccc3ccsc23)c1. The van der Waals surface area contributed by atoms with Gasteiger partial charge in [0.1, 0.15) is 6.10 Å². The van der Waals surface area contributed by atoms with Gasteiger partial charge in [0, 0.05) is 17.4 Å². The lowest BCUT2D eigenvalue weighted by Gasteiger charge is -2.13. The van der Waals surface area contributed by atoms with Crippen molar-refractivity contribution in [2.24, 2.45) is 0 Å². The van der Waals surface area contributed by atoms with E-state index in [0.717, 1.165) is 21.4 Å². The summed E-state index contributed by atoms with van der Waals surface area (Å²) in [6.45, 7) is 0.559. The molecule has 0 radical (unpaired) electrons. The molecule has 3 heteroatoms. The van der Waals surface area contributed by atoms with Gasteiger partial charge in [-0.1, -0.05) is 42.5 Å². The summed E-state index contributed by atoms with van der Waals surface area (Å²) in [5.74, 6) is 0. The molecule has 0 aliphatic heterocycles. The second kappa shape index (κ2) is 5.75. The van der Waals surface area contributed by atoms with Gasteiger partial charge in [0.05, 0.1) is 6.61 Å². The van der Waals surface area contributed by atoms with Crippen molar-refractivity contribution in [3.63, 3.8) is 0 Å². The summed E-state index contributed by atoms with van der Waals surface area (Å²) in [5, 5.41) is 13.9. The van der Waals surface area contributed by atoms with Gasteiger partial charge in [0.25, 0.3) is 0 Å². The number of aliphatic hydroxyl groups is 1. The van der Waals surface area contributed by atoms with E-state index < -0.39 is 6.10 Å². The molecule has 102 valence electrons. The van der Waals surface area contributed by atoms with Gasteiger partial charge in [-0.15, -0.1) is 11.3 Å². The zero-order valence-corrected chi connectivity index (χ0v) is 12.1. The molecule has 0 aliphatic rings. The van der Waals surface area contributed by atoms with Crippen LogP contribution < -0.4 is 0 Å². The Kier molecular flexibility index (Phi) is 3.83. The third kappa shape index (κ3) is 2.48. The van der Waals surface area contributed by atoms with Crippen molar-refractivity contribution in [3.05, 3.63) is 70.6 Å². The highest BCUT2D eigenvalue weighted by Crippen LogP contribution is 2.32. The van der Waals surface area contributed by atoms with E-state index in [1.54, 1.807) is 18.4 Å². The first-order valence-electron chi connectivity index (χ1n) is 6.51. The standard InChI is InChI=1S/C17H16O2S/c1-19-11-12-4-2-6-14(10-12)16(18)15-7-3-5-13-8-9-20-17(13)15/h2-10,16,18H,11H2,1H3. The number of benzene rings is 2. The number of hydrogen-bond acceptors (Lipinski definition) is 3. The van der Waals surface area contributed by atoms with Gasteiger partial charge in [-0.2, -0.15) is 0 Å². The largest absolute Gasteiger partial charge is 0.384 e. The van der Waals surface area contributed by atoms with Gasteiger partial charge < -0.3 is 9.84 Å². The number of rotatable bonds is 4. The van der Waals surface area contributed by atoms with Crippen LogP contribution in [0.5, 0.6) is 0 Å². The van der Waals surface area contributed by atoms with Crippen LogP contribution in [0, 0.1) is 0 Å². The first-order chi connectivity index (χ1) is 9.79. The Bertz CT molecular complexity index is 718. The Morgan fingerprint density at radius 3 is 2.85 bits per heavy atom. The molecule has 2 nitrogen and oxygen atoms in total. The summed E-state index contributed by atoms with van der Waals surface area (Å²) in [6, 6.07) is 16.1. The number of aliphatic hydroxyl groups excluding tert-OH is 1. The smallest absolute Gasteiger partial charge is 0.105 e. The maximum Gasteiger partial charge on any atom is 0.105 e. The second-order valence-electron chi connectivity index (χ2n) is 4.77. The minimum atomic E-state index is -0.603. The third-order valence-electron chi connectivity index (χ3n) is 3.38. The first kappa shape index (κ1) is 13.3. The Morgan fingerprint density at radius 2 is 2.00 bits per heavy atom. The van der Waals surface area contributed by atoms with Gasteiger partial charge in [0.2, 0.25) is 0 Å². The predicted molar refractivity (Wildman–Crippen MR) is 83.0 cm³/mol. The van der Waals surface area contributed by atoms with Crippen molar-refractivity contribution in [1.82, 2.24) is 0 Å². The number of fused-ring (bicyclic) bond motifs is 1. The lowest BCUT2D eigenvalue weighted by molar-refractivity contribution is 0.184. The molecule has 1 atom stereocenters. The molecule has 1 heterocycles. The zero-order valence-electron chi connectivity index (χ0n) is 11.2. The van der Waals surface area contributed by atoms with Gasteiger partial charge >= 0.3 is 0 Å². The number of ether oxygens (including phenoxy) is 1. The molecule has 3 aromatic rings. The second-order valence-corrected chi connectivity index (χ2v) is 5.68. The van der Waals surface area contributed by atoms with Crippen LogP contribution in [-0.2, 0) is 11.3 Å². The van der Waals surface area contributed by atoms with Crippen LogP contribution in [0.1, 0.15) is 22.8 Å². The maximum absolute atomic E-state index is 10.7. The summed E-state index contributed by atoms with van der Waals surface area (Å²) in [6.07, 6.45) is -0.603. The third-order valence-corrected chi connectivity index (χ3v) is 4.36. The summed E-state index contributed by atoms with van der Waals surface area (Å²) in [7, 11) is 1.68. The molecular weight excluding hydrogens is 268 g/mol. The summed E-state index contributed by atoms with van der Waals surface area (Å²) >= 11 is 1.67. The quantitative estimate of drug-likeness (QED) is 0.780. The van der Waals surface area contributed by atoms with E-state index in [9.17, 15) is 5.11 Å². The number of hydrogen-bond donors (Lipinski definition) is 1. The summed E-state index contributed by atoms with van der Waals surface area (Å²) in [5.41, 5.74) is 2.94. The molecule has 0 aliphatic carbocycles. The lowest BCUT2D eigenvalue weighted by Crippen LogP contribution is -2.01. The first-order valence-corrected chi connectivity index (χ1v) is 7.39. The molecular formula is C17H16O2S. The van der Waals surface area contributed by atoms with E-state index in [0.29, 0.717) is 6.61 Å². The monoisotopic (exact) mass is 284 g/mol. The minimum Gasteiger partial charge on any atom is -0.384 e. The van der Waals surface area contributed by atoms with Crippen molar-refractivity contribution in [2.75, 3.05) is 7.11 Å². The van der Waals surface area contributed by atoms with Crippen LogP contribution >= 0.6 is 11.3 Å². The van der Waals surface area contributed by atoms with Crippen molar-refractivity contribution >= 4 is 21.4 Å². The molecule has 2 aromatic carbocycles. The van der Waals surface area contributed by atoms with Crippen molar-refractivity contribution < 1.29 is 9.84 Å². The molecule has 20 heavy (non-hydrogen) atoms. The van der Waals surface area contributed by atoms with Gasteiger partial charge in [-0.25, -0.2) is 0 Å². The highest BCUT2D eigenvalue weighted by Gasteiger charge is 2.14. The van der Waals surface area contributed by atoms with E-state index in [-0.39, 0.29) is 0 Å². The molecule has 0 amide bonds. The van der Waals surface area contributed by atoms with Crippen LogP contribution in [0.4, 0.5) is 0 Å². The van der Waals surface area contributed by atoms with Crippen LogP contribution in [0.25, 0.3) is 10.1 Å². The molecule has 0 saturated carbocycles. The number of methoxy groups -OCH3 is 1. The molecule has 0 fully saturated rings. The molecule has 1 aromatic heterocycles. The van der Waals surface area contributed by atoms with E-state index >= 15 is 0 Å². The molecule has 0 spiro atoms. The highest BCUT2D eigenvalue weighted by atomic mass is 32.1. The lowest BCUT2D eigenvalue weighted by atomic mass is 9.99. The van der Waals surface area contributed by atoms with Crippen LogP contribution in [0.2, 0.25) is 0 Å². The molecule has 0 saturated heterocycles. The van der Waals surface area contributed by atoms with E-state index in [1.807, 2.05) is 36.4 Å². The van der Waals surface area contributed by atoms with Crippen molar-refractivity contribution in [2.45, 2.75) is 12.7 Å². The summed E-state index contributed by atoms with van der Waals surface area (Å²) < 4.78 is 6.30. The maximum atomic E-state index is 10.7. The molecule has 3 rings (SSSR count). The van der Waals surface area contributed by atoms with E-state index in [4.69, 9.17) is 4.74 Å². The Morgan fingerprint density at radius 1 is 1.15 bits per heavy atom. The Labute approximate surface area is 122 Å². The van der Waals surface area contributed by atoms with Crippen molar-refractivity contribution in [1.29, 1.82) is 0 Å². The van der Waals surface area contributed by atoms with Gasteiger partial charge in [0.15, 0.2) is 0 Å². The average Bonchev–Trinajstić information content (AvgIpc) is 2.95. The fourth-order valence-corrected chi connectivity index (χ4v) is 3.37. The van der Waals surface area contributed by atoms with Crippen molar-refractivity contribution in [3.8, 4) is 0 Å². The van der Waals surface area contributed by atoms with Crippen LogP contribution in [0.3, 0.4) is 0 Å². The highest BCUT2D eigenvalue weighted by molar-refractivity contribution is 7.17. The normalized spacial score (nSPS) is 12.7. The molecule has 0 bridgehead atoms. The molecule has 1 N–H and O–H groups in total. The van der Waals surface area contributed by atoms with Gasteiger partial charge in [-0.05, 0) is 28.0 Å². The number of thiophene rings is 1. The average molecular weight is 284 g/mol. The van der Waals surface area contributed by atoms with Gasteiger partial charge in [-0.3, -0.25) is 0 Å². The van der Waals surface area contributed by atoms with E-state index in [2.05, 4.69) is 17.5 Å². The Hall–Kier alpha value is -1.68. The van der Waals surface area contributed by atoms with Crippen LogP contribution in [0.15, 0.2) is 53.9 Å². The topological polar surface area (TPSA) is 29.5 Å². The van der Waals surface area contributed by atoms with Crippen LogP contribution in [-0.4, -0.2) is 12.2 Å². The summed E-state index contributed by atoms with van der Waals surface area (Å²) in [4.78, 5) is 0. The predicted octanol–water partition coefficient (Wildman–Crippen LogP) is 4.13. The Balaban J connectivity index is 2.01. The van der Waals surface area contributed by atoms with E-state index in [1.165, 1.54) is 5.39 Å². The molecule has 1 unspecified atom stereocenters.